The highest BCUT2D eigenvalue weighted by Crippen LogP contribution is 2.22. The molecule has 0 fully saturated rings. The minimum absolute atomic E-state index is 0.0784. The molecule has 0 aliphatic rings. The van der Waals surface area contributed by atoms with Crippen LogP contribution in [0.3, 0.4) is 0 Å². The molecule has 6 heteroatoms. The van der Waals surface area contributed by atoms with E-state index >= 15 is 0 Å². The van der Waals surface area contributed by atoms with Gasteiger partial charge in [-0.3, -0.25) is 10.1 Å². The molecule has 0 spiro atoms. The highest BCUT2D eigenvalue weighted by molar-refractivity contribution is 5.94. The van der Waals surface area contributed by atoms with Gasteiger partial charge in [0.25, 0.3) is 5.69 Å². The minimum Gasteiger partial charge on any atom is -0.462 e. The van der Waals surface area contributed by atoms with Crippen LogP contribution in [0.15, 0.2) is 24.4 Å². The number of carbonyl (C=O) groups is 1. The lowest BCUT2D eigenvalue weighted by molar-refractivity contribution is -0.385. The van der Waals surface area contributed by atoms with Crippen molar-refractivity contribution < 1.29 is 14.5 Å². The second-order valence-corrected chi connectivity index (χ2v) is 5.75. The second kappa shape index (κ2) is 7.70. The van der Waals surface area contributed by atoms with Crippen LogP contribution in [-0.2, 0) is 4.74 Å². The van der Waals surface area contributed by atoms with E-state index in [1.807, 2.05) is 26.8 Å². The van der Waals surface area contributed by atoms with Crippen molar-refractivity contribution in [1.82, 2.24) is 4.98 Å². The van der Waals surface area contributed by atoms with Crippen LogP contribution < -0.4 is 0 Å². The molecule has 0 aliphatic carbocycles. The molecule has 0 unspecified atom stereocenters. The van der Waals surface area contributed by atoms with Gasteiger partial charge in [-0.15, -0.1) is 0 Å². The molecule has 0 radical (unpaired) electrons. The molecular formula is C19H20N2O4. The molecule has 0 aliphatic heterocycles. The summed E-state index contributed by atoms with van der Waals surface area (Å²) in [7, 11) is 0. The largest absolute Gasteiger partial charge is 0.462 e. The third kappa shape index (κ3) is 4.29. The van der Waals surface area contributed by atoms with Gasteiger partial charge >= 0.3 is 5.97 Å². The zero-order chi connectivity index (χ0) is 18.6. The van der Waals surface area contributed by atoms with E-state index in [-0.39, 0.29) is 17.9 Å². The third-order valence-electron chi connectivity index (χ3n) is 3.76. The van der Waals surface area contributed by atoms with Crippen molar-refractivity contribution in [3.63, 3.8) is 0 Å². The molecule has 0 saturated carbocycles. The number of rotatable bonds is 5. The van der Waals surface area contributed by atoms with E-state index in [1.54, 1.807) is 13.0 Å². The summed E-state index contributed by atoms with van der Waals surface area (Å²) in [5, 5.41) is 10.9. The van der Waals surface area contributed by atoms with Crippen LogP contribution in [0.4, 0.5) is 5.69 Å². The van der Waals surface area contributed by atoms with Crippen LogP contribution in [0.2, 0.25) is 0 Å². The van der Waals surface area contributed by atoms with E-state index in [1.165, 1.54) is 11.6 Å². The standard InChI is InChI=1S/C19H20N2O4/c1-5-25-19(22)17-10-15(21(23)24)11-20-18(17)7-6-16-13(3)8-12(2)9-14(16)4/h6-11H,5H2,1-4H3/b7-6+. The van der Waals surface area contributed by atoms with E-state index in [0.717, 1.165) is 22.9 Å². The number of nitro groups is 1. The van der Waals surface area contributed by atoms with Crippen LogP contribution in [0.25, 0.3) is 12.2 Å². The fraction of sp³-hybridized carbons (Fsp3) is 0.263. The van der Waals surface area contributed by atoms with Crippen molar-refractivity contribution in [3.8, 4) is 0 Å². The Balaban J connectivity index is 2.48. The summed E-state index contributed by atoms with van der Waals surface area (Å²) in [4.78, 5) is 26.5. The second-order valence-electron chi connectivity index (χ2n) is 5.75. The third-order valence-corrected chi connectivity index (χ3v) is 3.76. The quantitative estimate of drug-likeness (QED) is 0.461. The Morgan fingerprint density at radius 3 is 2.40 bits per heavy atom. The Bertz CT molecular complexity index is 833. The van der Waals surface area contributed by atoms with E-state index in [4.69, 9.17) is 4.74 Å². The van der Waals surface area contributed by atoms with Crippen LogP contribution in [0.1, 0.15) is 45.2 Å². The van der Waals surface area contributed by atoms with Crippen molar-refractivity contribution >= 4 is 23.8 Å². The Hall–Kier alpha value is -3.02. The Morgan fingerprint density at radius 1 is 1.20 bits per heavy atom. The number of nitrogens with zero attached hydrogens (tertiary/aromatic N) is 2. The number of ether oxygens (including phenoxy) is 1. The number of hydrogen-bond donors (Lipinski definition) is 0. The number of aromatic nitrogens is 1. The number of esters is 1. The first-order valence-electron chi connectivity index (χ1n) is 7.91. The van der Waals surface area contributed by atoms with Gasteiger partial charge in [0.1, 0.15) is 6.20 Å². The predicted molar refractivity (Wildman–Crippen MR) is 96.4 cm³/mol. The predicted octanol–water partition coefficient (Wildman–Crippen LogP) is 4.26. The Kier molecular flexibility index (Phi) is 5.64. The van der Waals surface area contributed by atoms with Crippen LogP contribution >= 0.6 is 0 Å². The lowest BCUT2D eigenvalue weighted by Gasteiger charge is -2.08. The average molecular weight is 340 g/mol. The van der Waals surface area contributed by atoms with Gasteiger partial charge in [0.2, 0.25) is 0 Å². The van der Waals surface area contributed by atoms with Crippen LogP contribution in [0.5, 0.6) is 0 Å². The first-order valence-corrected chi connectivity index (χ1v) is 7.91. The molecule has 0 amide bonds. The normalized spacial score (nSPS) is 10.9. The number of benzene rings is 1. The minimum atomic E-state index is -0.629. The van der Waals surface area contributed by atoms with Crippen LogP contribution in [0, 0.1) is 30.9 Å². The molecular weight excluding hydrogens is 320 g/mol. The lowest BCUT2D eigenvalue weighted by atomic mass is 9.99. The van der Waals surface area contributed by atoms with Gasteiger partial charge in [0, 0.05) is 6.07 Å². The van der Waals surface area contributed by atoms with Crippen molar-refractivity contribution in [1.29, 1.82) is 0 Å². The molecule has 1 aromatic carbocycles. The van der Waals surface area contributed by atoms with Gasteiger partial charge in [0.05, 0.1) is 22.8 Å². The van der Waals surface area contributed by atoms with E-state index in [0.29, 0.717) is 5.69 Å². The van der Waals surface area contributed by atoms with Gasteiger partial charge in [-0.2, -0.15) is 0 Å². The lowest BCUT2D eigenvalue weighted by Crippen LogP contribution is -2.08. The van der Waals surface area contributed by atoms with Gasteiger partial charge < -0.3 is 4.74 Å². The molecule has 0 atom stereocenters. The molecule has 0 saturated heterocycles. The van der Waals surface area contributed by atoms with Gasteiger partial charge in [-0.1, -0.05) is 23.8 Å². The van der Waals surface area contributed by atoms with Gasteiger partial charge in [0.15, 0.2) is 0 Å². The molecule has 0 N–H and O–H groups in total. The van der Waals surface area contributed by atoms with Crippen LogP contribution in [-0.4, -0.2) is 22.5 Å². The summed E-state index contributed by atoms with van der Waals surface area (Å²) in [6.45, 7) is 7.91. The molecule has 2 rings (SSSR count). The molecule has 0 bridgehead atoms. The highest BCUT2D eigenvalue weighted by Gasteiger charge is 2.18. The highest BCUT2D eigenvalue weighted by atomic mass is 16.6. The first-order chi connectivity index (χ1) is 11.8. The van der Waals surface area contributed by atoms with E-state index < -0.39 is 10.9 Å². The van der Waals surface area contributed by atoms with E-state index in [9.17, 15) is 14.9 Å². The fourth-order valence-corrected chi connectivity index (χ4v) is 2.69. The maximum Gasteiger partial charge on any atom is 0.340 e. The van der Waals surface area contributed by atoms with Crippen molar-refractivity contribution in [2.45, 2.75) is 27.7 Å². The van der Waals surface area contributed by atoms with Crippen molar-refractivity contribution in [3.05, 3.63) is 68.0 Å². The summed E-state index contributed by atoms with van der Waals surface area (Å²) < 4.78 is 4.98. The summed E-state index contributed by atoms with van der Waals surface area (Å²) in [5.74, 6) is -0.629. The number of hydrogen-bond acceptors (Lipinski definition) is 5. The summed E-state index contributed by atoms with van der Waals surface area (Å²) in [6, 6.07) is 5.34. The fourth-order valence-electron chi connectivity index (χ4n) is 2.69. The topological polar surface area (TPSA) is 82.3 Å². The first kappa shape index (κ1) is 18.3. The number of aryl methyl sites for hydroxylation is 3. The summed E-state index contributed by atoms with van der Waals surface area (Å²) in [6.07, 6.45) is 4.68. The molecule has 130 valence electrons. The van der Waals surface area contributed by atoms with Gasteiger partial charge in [-0.05, 0) is 50.5 Å². The smallest absolute Gasteiger partial charge is 0.340 e. The van der Waals surface area contributed by atoms with Gasteiger partial charge in [-0.25, -0.2) is 9.78 Å². The molecule has 25 heavy (non-hydrogen) atoms. The maximum atomic E-state index is 12.1. The maximum absolute atomic E-state index is 12.1. The zero-order valence-corrected chi connectivity index (χ0v) is 14.7. The van der Waals surface area contributed by atoms with Crippen molar-refractivity contribution in [2.75, 3.05) is 6.61 Å². The summed E-state index contributed by atoms with van der Waals surface area (Å²) in [5.41, 5.74) is 4.58. The Morgan fingerprint density at radius 2 is 1.84 bits per heavy atom. The zero-order valence-electron chi connectivity index (χ0n) is 14.7. The molecule has 1 aromatic heterocycles. The average Bonchev–Trinajstić information content (AvgIpc) is 2.53. The number of carbonyl (C=O) groups excluding carboxylic acids is 1. The number of pyridine rings is 1. The summed E-state index contributed by atoms with van der Waals surface area (Å²) >= 11 is 0. The van der Waals surface area contributed by atoms with Crippen molar-refractivity contribution in [2.24, 2.45) is 0 Å². The Labute approximate surface area is 146 Å². The monoisotopic (exact) mass is 340 g/mol. The molecule has 2 aromatic rings. The molecule has 1 heterocycles. The van der Waals surface area contributed by atoms with E-state index in [2.05, 4.69) is 17.1 Å². The SMILES string of the molecule is CCOC(=O)c1cc([N+](=O)[O-])cnc1/C=C/c1c(C)cc(C)cc1C. The molecule has 6 nitrogen and oxygen atoms in total.